The van der Waals surface area contributed by atoms with Gasteiger partial charge in [0, 0.05) is 17.3 Å². The molecule has 0 unspecified atom stereocenters. The molecule has 0 bridgehead atoms. The lowest BCUT2D eigenvalue weighted by Gasteiger charge is -2.10. The van der Waals surface area contributed by atoms with Crippen LogP contribution < -0.4 is 10.1 Å². The number of halogens is 3. The molecule has 4 aromatic rings. The third-order valence-corrected chi connectivity index (χ3v) is 4.91. The number of pyridine rings is 1. The topological polar surface area (TPSA) is 69.0 Å². The Balaban J connectivity index is 1.57. The number of hydrogen-bond donors (Lipinski definition) is 1. The zero-order chi connectivity index (χ0) is 22.0. The minimum absolute atomic E-state index is 0.0346. The number of anilines is 1. The predicted octanol–water partition coefficient (Wildman–Crippen LogP) is 5.30. The Morgan fingerprint density at radius 1 is 1.19 bits per heavy atom. The second-order valence-corrected chi connectivity index (χ2v) is 7.15. The molecule has 0 radical (unpaired) electrons. The van der Waals surface area contributed by atoms with Gasteiger partial charge in [0.05, 0.1) is 10.7 Å². The van der Waals surface area contributed by atoms with Crippen LogP contribution in [-0.4, -0.2) is 27.3 Å². The number of aryl methyl sites for hydroxylation is 1. The maximum Gasteiger partial charge on any atom is 0.387 e. The minimum atomic E-state index is -2.98. The van der Waals surface area contributed by atoms with Gasteiger partial charge in [-0.1, -0.05) is 41.9 Å². The standard InChI is InChI=1S/C22H17ClF2N4O2/c1-13-20-16(14-5-3-2-4-6-14)9-10-26-21(20)29(28-13)12-19(30)27-15-7-8-18(17(23)11-15)31-22(24)25/h2-11,22H,12H2,1H3,(H,27,30). The normalized spacial score (nSPS) is 11.1. The zero-order valence-electron chi connectivity index (χ0n) is 16.3. The van der Waals surface area contributed by atoms with Gasteiger partial charge in [-0.3, -0.25) is 4.79 Å². The molecule has 0 fully saturated rings. The SMILES string of the molecule is Cc1nn(CC(=O)Nc2ccc(OC(F)F)c(Cl)c2)c2nccc(-c3ccccc3)c12. The van der Waals surface area contributed by atoms with Gasteiger partial charge in [-0.05, 0) is 42.3 Å². The number of carbonyl (C=O) groups excluding carboxylic acids is 1. The van der Waals surface area contributed by atoms with Crippen LogP contribution in [0.25, 0.3) is 22.2 Å². The summed E-state index contributed by atoms with van der Waals surface area (Å²) in [6, 6.07) is 15.8. The fourth-order valence-corrected chi connectivity index (χ4v) is 3.58. The first-order valence-corrected chi connectivity index (χ1v) is 9.72. The fraction of sp³-hybridized carbons (Fsp3) is 0.136. The zero-order valence-corrected chi connectivity index (χ0v) is 17.1. The highest BCUT2D eigenvalue weighted by Crippen LogP contribution is 2.30. The molecular weight excluding hydrogens is 426 g/mol. The number of ether oxygens (including phenoxy) is 1. The van der Waals surface area contributed by atoms with Gasteiger partial charge in [0.25, 0.3) is 0 Å². The van der Waals surface area contributed by atoms with Crippen LogP contribution in [-0.2, 0) is 11.3 Å². The molecule has 2 heterocycles. The molecule has 2 aromatic carbocycles. The summed E-state index contributed by atoms with van der Waals surface area (Å²) in [5, 5.41) is 8.00. The van der Waals surface area contributed by atoms with E-state index in [-0.39, 0.29) is 23.2 Å². The van der Waals surface area contributed by atoms with Crippen LogP contribution in [0.3, 0.4) is 0 Å². The van der Waals surface area contributed by atoms with Crippen LogP contribution in [0.4, 0.5) is 14.5 Å². The Bertz CT molecular complexity index is 1250. The molecule has 31 heavy (non-hydrogen) atoms. The third kappa shape index (κ3) is 4.49. The molecule has 6 nitrogen and oxygen atoms in total. The number of amides is 1. The highest BCUT2D eigenvalue weighted by atomic mass is 35.5. The van der Waals surface area contributed by atoms with Gasteiger partial charge in [-0.2, -0.15) is 13.9 Å². The van der Waals surface area contributed by atoms with Gasteiger partial charge in [0.15, 0.2) is 5.65 Å². The van der Waals surface area contributed by atoms with Crippen LogP contribution in [0, 0.1) is 6.92 Å². The summed E-state index contributed by atoms with van der Waals surface area (Å²) in [5.41, 5.74) is 3.71. The summed E-state index contributed by atoms with van der Waals surface area (Å²) in [7, 11) is 0. The van der Waals surface area contributed by atoms with Crippen molar-refractivity contribution in [2.45, 2.75) is 20.1 Å². The maximum atomic E-state index is 12.6. The quantitative estimate of drug-likeness (QED) is 0.440. The van der Waals surface area contributed by atoms with Crippen molar-refractivity contribution in [2.24, 2.45) is 0 Å². The number of hydrogen-bond acceptors (Lipinski definition) is 4. The van der Waals surface area contributed by atoms with Crippen LogP contribution >= 0.6 is 11.6 Å². The van der Waals surface area contributed by atoms with E-state index in [0.717, 1.165) is 22.2 Å². The number of nitrogens with one attached hydrogen (secondary N) is 1. The number of aromatic nitrogens is 3. The van der Waals surface area contributed by atoms with Crippen molar-refractivity contribution in [2.75, 3.05) is 5.32 Å². The molecule has 0 aliphatic heterocycles. The van der Waals surface area contributed by atoms with Gasteiger partial charge < -0.3 is 10.1 Å². The molecular formula is C22H17ClF2N4O2. The predicted molar refractivity (Wildman–Crippen MR) is 114 cm³/mol. The minimum Gasteiger partial charge on any atom is -0.433 e. The van der Waals surface area contributed by atoms with E-state index >= 15 is 0 Å². The third-order valence-electron chi connectivity index (χ3n) is 4.62. The number of fused-ring (bicyclic) bond motifs is 1. The average molecular weight is 443 g/mol. The largest absolute Gasteiger partial charge is 0.433 e. The molecule has 0 saturated carbocycles. The van der Waals surface area contributed by atoms with Gasteiger partial charge >= 0.3 is 6.61 Å². The van der Waals surface area contributed by atoms with E-state index in [9.17, 15) is 13.6 Å². The number of benzene rings is 2. The van der Waals surface area contributed by atoms with Crippen molar-refractivity contribution in [1.29, 1.82) is 0 Å². The molecule has 9 heteroatoms. The highest BCUT2D eigenvalue weighted by Gasteiger charge is 2.16. The van der Waals surface area contributed by atoms with Crippen molar-refractivity contribution in [3.8, 4) is 16.9 Å². The van der Waals surface area contributed by atoms with Crippen molar-refractivity contribution in [3.63, 3.8) is 0 Å². The van der Waals surface area contributed by atoms with Crippen LogP contribution in [0.1, 0.15) is 5.69 Å². The van der Waals surface area contributed by atoms with E-state index in [1.54, 1.807) is 6.20 Å². The average Bonchev–Trinajstić information content (AvgIpc) is 3.06. The first-order valence-electron chi connectivity index (χ1n) is 9.34. The van der Waals surface area contributed by atoms with Gasteiger partial charge in [-0.15, -0.1) is 0 Å². The molecule has 158 valence electrons. The number of rotatable bonds is 6. The van der Waals surface area contributed by atoms with Crippen LogP contribution in [0.5, 0.6) is 5.75 Å². The molecule has 0 aliphatic carbocycles. The molecule has 0 spiro atoms. The summed E-state index contributed by atoms with van der Waals surface area (Å²) < 4.78 is 30.5. The van der Waals surface area contributed by atoms with Crippen molar-refractivity contribution in [3.05, 3.63) is 71.5 Å². The van der Waals surface area contributed by atoms with Crippen LogP contribution in [0.2, 0.25) is 5.02 Å². The summed E-state index contributed by atoms with van der Waals surface area (Å²) in [4.78, 5) is 17.0. The van der Waals surface area contributed by atoms with Crippen molar-refractivity contribution in [1.82, 2.24) is 14.8 Å². The Morgan fingerprint density at radius 3 is 2.68 bits per heavy atom. The lowest BCUT2D eigenvalue weighted by Crippen LogP contribution is -2.19. The fourth-order valence-electron chi connectivity index (χ4n) is 3.36. The summed E-state index contributed by atoms with van der Waals surface area (Å²) >= 11 is 5.94. The van der Waals surface area contributed by atoms with E-state index in [4.69, 9.17) is 11.6 Å². The number of carbonyl (C=O) groups is 1. The second kappa shape index (κ2) is 8.69. The molecule has 1 N–H and O–H groups in total. The molecule has 2 aromatic heterocycles. The number of nitrogens with zero attached hydrogens (tertiary/aromatic N) is 3. The van der Waals surface area contributed by atoms with Crippen LogP contribution in [0.15, 0.2) is 60.8 Å². The summed E-state index contributed by atoms with van der Waals surface area (Å²) in [6.45, 7) is -1.20. The molecule has 1 amide bonds. The van der Waals surface area contributed by atoms with Crippen molar-refractivity contribution < 1.29 is 18.3 Å². The summed E-state index contributed by atoms with van der Waals surface area (Å²) in [5.74, 6) is -0.532. The van der Waals surface area contributed by atoms with E-state index in [0.29, 0.717) is 11.3 Å². The monoisotopic (exact) mass is 442 g/mol. The lowest BCUT2D eigenvalue weighted by atomic mass is 10.0. The Kier molecular flexibility index (Phi) is 5.81. The number of alkyl halides is 2. The van der Waals surface area contributed by atoms with E-state index in [1.807, 2.05) is 43.3 Å². The van der Waals surface area contributed by atoms with E-state index in [2.05, 4.69) is 20.1 Å². The molecule has 0 atom stereocenters. The van der Waals surface area contributed by atoms with E-state index in [1.165, 1.54) is 22.9 Å². The first-order chi connectivity index (χ1) is 14.9. The molecule has 0 saturated heterocycles. The van der Waals surface area contributed by atoms with Gasteiger partial charge in [0.1, 0.15) is 12.3 Å². The molecule has 4 rings (SSSR count). The van der Waals surface area contributed by atoms with Crippen molar-refractivity contribution >= 4 is 34.2 Å². The smallest absolute Gasteiger partial charge is 0.387 e. The second-order valence-electron chi connectivity index (χ2n) is 6.74. The Morgan fingerprint density at radius 2 is 1.97 bits per heavy atom. The first kappa shape index (κ1) is 20.7. The molecule has 0 aliphatic rings. The van der Waals surface area contributed by atoms with Gasteiger partial charge in [0.2, 0.25) is 5.91 Å². The van der Waals surface area contributed by atoms with E-state index < -0.39 is 6.61 Å². The maximum absolute atomic E-state index is 12.6. The Labute approximate surface area is 181 Å². The lowest BCUT2D eigenvalue weighted by molar-refractivity contribution is -0.116. The van der Waals surface area contributed by atoms with Gasteiger partial charge in [-0.25, -0.2) is 9.67 Å². The Hall–Kier alpha value is -3.52. The summed E-state index contributed by atoms with van der Waals surface area (Å²) in [6.07, 6.45) is 1.68. The highest BCUT2D eigenvalue weighted by molar-refractivity contribution is 6.32.